The molecule has 1 amide bonds. The Morgan fingerprint density at radius 3 is 2.14 bits per heavy atom. The van der Waals surface area contributed by atoms with Gasteiger partial charge in [-0.05, 0) is 47.7 Å². The van der Waals surface area contributed by atoms with Crippen molar-refractivity contribution in [1.29, 1.82) is 0 Å². The van der Waals surface area contributed by atoms with Crippen molar-refractivity contribution >= 4 is 28.9 Å². The molecule has 188 valence electrons. The van der Waals surface area contributed by atoms with E-state index in [4.69, 9.17) is 4.74 Å². The SMILES string of the molecule is CNC1=NC(=O)S/C1=C\c1ccc(OCc2ccc(C(F)(F)F)cc2C(F)(F)F)c(C(F)(F)F)c1. The van der Waals surface area contributed by atoms with Crippen LogP contribution in [0.15, 0.2) is 46.3 Å². The number of alkyl halides is 9. The van der Waals surface area contributed by atoms with Crippen molar-refractivity contribution in [3.63, 3.8) is 0 Å². The monoisotopic (exact) mass is 528 g/mol. The Labute approximate surface area is 195 Å². The van der Waals surface area contributed by atoms with E-state index in [-0.39, 0.29) is 22.4 Å². The quantitative estimate of drug-likeness (QED) is 0.429. The number of likely N-dealkylation sites (N-methyl/N-ethyl adjacent to an activating group) is 1. The number of amides is 1. The zero-order valence-electron chi connectivity index (χ0n) is 17.3. The standard InChI is InChI=1S/C21H13F9N2O2S/c1-31-17-16(35-18(33)32-17)7-10-2-5-15(14(6-10)21(28,29)30)34-9-11-3-4-12(19(22,23)24)8-13(11)20(25,26)27/h2-8H,9H2,1H3,(H,31,32,33)/b16-7-. The number of nitrogens with zero attached hydrogens (tertiary/aromatic N) is 1. The van der Waals surface area contributed by atoms with Crippen LogP contribution < -0.4 is 10.1 Å². The molecule has 3 rings (SSSR count). The number of halogens is 9. The third-order valence-corrected chi connectivity index (χ3v) is 5.40. The smallest absolute Gasteiger partial charge is 0.419 e. The zero-order valence-corrected chi connectivity index (χ0v) is 18.1. The van der Waals surface area contributed by atoms with E-state index in [0.717, 1.165) is 6.07 Å². The van der Waals surface area contributed by atoms with E-state index in [1.54, 1.807) is 0 Å². The molecule has 0 fully saturated rings. The van der Waals surface area contributed by atoms with Gasteiger partial charge in [-0.1, -0.05) is 12.1 Å². The van der Waals surface area contributed by atoms with Crippen molar-refractivity contribution in [2.75, 3.05) is 7.05 Å². The van der Waals surface area contributed by atoms with Gasteiger partial charge in [0.2, 0.25) is 0 Å². The molecule has 35 heavy (non-hydrogen) atoms. The molecule has 0 spiro atoms. The third kappa shape index (κ3) is 6.29. The molecular formula is C21H13F9N2O2S. The average molecular weight is 528 g/mol. The van der Waals surface area contributed by atoms with Gasteiger partial charge in [0.25, 0.3) is 0 Å². The van der Waals surface area contributed by atoms with Crippen LogP contribution in [0, 0.1) is 0 Å². The van der Waals surface area contributed by atoms with Gasteiger partial charge in [0.05, 0.1) is 21.6 Å². The summed E-state index contributed by atoms with van der Waals surface area (Å²) in [5.74, 6) is -0.679. The first kappa shape index (κ1) is 26.4. The Morgan fingerprint density at radius 1 is 0.914 bits per heavy atom. The average Bonchev–Trinajstić information content (AvgIpc) is 3.09. The minimum atomic E-state index is -5.20. The third-order valence-electron chi connectivity index (χ3n) is 4.60. The van der Waals surface area contributed by atoms with Crippen molar-refractivity contribution < 1.29 is 49.0 Å². The van der Waals surface area contributed by atoms with Crippen LogP contribution >= 0.6 is 11.8 Å². The maximum atomic E-state index is 13.6. The molecule has 0 saturated carbocycles. The molecule has 1 aliphatic heterocycles. The molecule has 2 aromatic rings. The van der Waals surface area contributed by atoms with Crippen molar-refractivity contribution in [3.05, 3.63) is 69.1 Å². The second-order valence-corrected chi connectivity index (χ2v) is 7.99. The highest BCUT2D eigenvalue weighted by molar-refractivity contribution is 8.18. The second-order valence-electron chi connectivity index (χ2n) is 7.00. The molecule has 14 heteroatoms. The number of benzene rings is 2. The van der Waals surface area contributed by atoms with E-state index in [2.05, 4.69) is 10.3 Å². The van der Waals surface area contributed by atoms with Gasteiger partial charge in [-0.15, -0.1) is 0 Å². The molecule has 1 aliphatic rings. The van der Waals surface area contributed by atoms with Gasteiger partial charge in [0.15, 0.2) is 0 Å². The number of carbonyl (C=O) groups excluding carboxylic acids is 1. The molecule has 0 aromatic heterocycles. The van der Waals surface area contributed by atoms with Crippen LogP contribution in [0.5, 0.6) is 5.75 Å². The lowest BCUT2D eigenvalue weighted by molar-refractivity contribution is -0.144. The first-order valence-corrected chi connectivity index (χ1v) is 10.2. The highest BCUT2D eigenvalue weighted by atomic mass is 32.2. The van der Waals surface area contributed by atoms with Gasteiger partial charge in [-0.25, -0.2) is 0 Å². The number of ether oxygens (including phenoxy) is 1. The summed E-state index contributed by atoms with van der Waals surface area (Å²) in [4.78, 5) is 15.3. The Balaban J connectivity index is 1.94. The van der Waals surface area contributed by atoms with Gasteiger partial charge >= 0.3 is 23.8 Å². The van der Waals surface area contributed by atoms with Gasteiger partial charge < -0.3 is 10.1 Å². The summed E-state index contributed by atoms with van der Waals surface area (Å²) in [5, 5.41) is 2.05. The van der Waals surface area contributed by atoms with Gasteiger partial charge in [-0.2, -0.15) is 44.5 Å². The molecule has 1 N–H and O–H groups in total. The van der Waals surface area contributed by atoms with E-state index in [0.29, 0.717) is 30.0 Å². The summed E-state index contributed by atoms with van der Waals surface area (Å²) in [7, 11) is 1.46. The fourth-order valence-electron chi connectivity index (χ4n) is 3.02. The molecule has 0 bridgehead atoms. The molecule has 2 aromatic carbocycles. The summed E-state index contributed by atoms with van der Waals surface area (Å²) < 4.78 is 124. The van der Waals surface area contributed by atoms with Crippen LogP contribution in [0.4, 0.5) is 44.3 Å². The predicted molar refractivity (Wildman–Crippen MR) is 110 cm³/mol. The number of carbonyl (C=O) groups is 1. The van der Waals surface area contributed by atoms with E-state index in [9.17, 15) is 44.3 Å². The molecular weight excluding hydrogens is 515 g/mol. The first-order chi connectivity index (χ1) is 16.1. The first-order valence-electron chi connectivity index (χ1n) is 9.41. The minimum Gasteiger partial charge on any atom is -0.488 e. The molecule has 0 saturated heterocycles. The van der Waals surface area contributed by atoms with Crippen molar-refractivity contribution in [3.8, 4) is 5.75 Å². The Hall–Kier alpha value is -3.16. The second kappa shape index (κ2) is 9.47. The summed E-state index contributed by atoms with van der Waals surface area (Å²) in [6, 6.07) is 3.46. The van der Waals surface area contributed by atoms with E-state index in [1.165, 1.54) is 19.2 Å². The van der Waals surface area contributed by atoms with Gasteiger partial charge in [0, 0.05) is 12.6 Å². The van der Waals surface area contributed by atoms with Crippen LogP contribution in [0.1, 0.15) is 27.8 Å². The van der Waals surface area contributed by atoms with E-state index >= 15 is 0 Å². The summed E-state index contributed by atoms with van der Waals surface area (Å²) in [6.45, 7) is -1.07. The fraction of sp³-hybridized carbons (Fsp3) is 0.238. The number of hydrogen-bond acceptors (Lipinski definition) is 4. The Kier molecular flexibility index (Phi) is 7.16. The highest BCUT2D eigenvalue weighted by Crippen LogP contribution is 2.40. The van der Waals surface area contributed by atoms with Crippen molar-refractivity contribution in [2.24, 2.45) is 4.99 Å². The van der Waals surface area contributed by atoms with Crippen molar-refractivity contribution in [2.45, 2.75) is 25.1 Å². The number of thioether (sulfide) groups is 1. The van der Waals surface area contributed by atoms with Crippen LogP contribution in [-0.2, 0) is 25.1 Å². The Bertz CT molecular complexity index is 1200. The number of aliphatic imine (C=N–C) groups is 1. The molecule has 4 nitrogen and oxygen atoms in total. The largest absolute Gasteiger partial charge is 0.488 e. The zero-order chi connectivity index (χ0) is 26.2. The van der Waals surface area contributed by atoms with Crippen LogP contribution in [0.3, 0.4) is 0 Å². The van der Waals surface area contributed by atoms with E-state index < -0.39 is 58.4 Å². The van der Waals surface area contributed by atoms with Crippen LogP contribution in [0.2, 0.25) is 0 Å². The lowest BCUT2D eigenvalue weighted by Gasteiger charge is -2.18. The maximum absolute atomic E-state index is 13.6. The highest BCUT2D eigenvalue weighted by Gasteiger charge is 2.39. The molecule has 0 atom stereocenters. The predicted octanol–water partition coefficient (Wildman–Crippen LogP) is 7.15. The fourth-order valence-corrected chi connectivity index (χ4v) is 3.79. The Morgan fingerprint density at radius 2 is 1.57 bits per heavy atom. The summed E-state index contributed by atoms with van der Waals surface area (Å²) in [5.41, 5.74) is -5.35. The lowest BCUT2D eigenvalue weighted by Crippen LogP contribution is -2.16. The summed E-state index contributed by atoms with van der Waals surface area (Å²) >= 11 is 0.682. The number of nitrogens with one attached hydrogen (secondary N) is 1. The van der Waals surface area contributed by atoms with Gasteiger partial charge in [0.1, 0.15) is 18.2 Å². The van der Waals surface area contributed by atoms with Crippen molar-refractivity contribution in [1.82, 2.24) is 5.32 Å². The number of rotatable bonds is 4. The number of hydrogen-bond donors (Lipinski definition) is 1. The molecule has 0 radical (unpaired) electrons. The topological polar surface area (TPSA) is 50.7 Å². The normalized spacial score (nSPS) is 16.0. The van der Waals surface area contributed by atoms with Gasteiger partial charge in [-0.3, -0.25) is 4.79 Å². The maximum Gasteiger partial charge on any atom is 0.419 e. The molecule has 1 heterocycles. The van der Waals surface area contributed by atoms with Crippen LogP contribution in [-0.4, -0.2) is 18.1 Å². The minimum absolute atomic E-state index is 0.00432. The lowest BCUT2D eigenvalue weighted by atomic mass is 10.0. The number of amidine groups is 1. The van der Waals surface area contributed by atoms with Crippen LogP contribution in [0.25, 0.3) is 6.08 Å². The summed E-state index contributed by atoms with van der Waals surface area (Å²) in [6.07, 6.45) is -14.0. The van der Waals surface area contributed by atoms with E-state index in [1.807, 2.05) is 0 Å². The molecule has 0 unspecified atom stereocenters. The molecule has 0 aliphatic carbocycles.